The normalized spacial score (nSPS) is 11.8. The molecule has 0 aliphatic heterocycles. The van der Waals surface area contributed by atoms with Crippen molar-refractivity contribution >= 4 is 13.6 Å². The number of Topliss-reactive ketones (excluding diaryl/α,β-unsaturated/α-hetero) is 1. The molecule has 1 unspecified atom stereocenters. The predicted octanol–water partition coefficient (Wildman–Crippen LogP) is 1.69. The summed E-state index contributed by atoms with van der Waals surface area (Å²) in [5.41, 5.74) is 0.838. The number of aliphatic hydroxyl groups excluding tert-OH is 1. The number of phosphoric acid groups is 1. The van der Waals surface area contributed by atoms with Gasteiger partial charge in [0.2, 0.25) is 0 Å². The van der Waals surface area contributed by atoms with Gasteiger partial charge in [-0.3, -0.25) is 4.79 Å². The van der Waals surface area contributed by atoms with Gasteiger partial charge in [-0.2, -0.15) is 0 Å². The van der Waals surface area contributed by atoms with E-state index in [9.17, 15) is 9.90 Å². The largest absolute Gasteiger partial charge is 0.493 e. The van der Waals surface area contributed by atoms with Crippen molar-refractivity contribution < 1.29 is 38.6 Å². The lowest BCUT2D eigenvalue weighted by Crippen LogP contribution is -2.13. The highest BCUT2D eigenvalue weighted by Crippen LogP contribution is 2.33. The molecule has 9 heteroatoms. The Labute approximate surface area is 144 Å². The monoisotopic (exact) mass is 370 g/mol. The average Bonchev–Trinajstić information content (AvgIpc) is 2.58. The zero-order valence-corrected chi connectivity index (χ0v) is 14.5. The van der Waals surface area contributed by atoms with Crippen LogP contribution in [0.1, 0.15) is 22.0 Å². The molecule has 0 saturated carbocycles. The Bertz CT molecular complexity index is 733. The molecule has 0 aromatic heterocycles. The second-order valence-corrected chi connectivity index (χ2v) is 5.76. The first-order valence-corrected chi connectivity index (χ1v) is 8.52. The van der Waals surface area contributed by atoms with Gasteiger partial charge in [-0.05, 0) is 17.7 Å². The van der Waals surface area contributed by atoms with E-state index in [1.54, 1.807) is 42.5 Å². The fourth-order valence-corrected chi connectivity index (χ4v) is 2.02. The van der Waals surface area contributed by atoms with Crippen LogP contribution in [0.15, 0.2) is 48.5 Å². The first-order chi connectivity index (χ1) is 11.7. The van der Waals surface area contributed by atoms with Crippen LogP contribution in [0, 0.1) is 0 Å². The summed E-state index contributed by atoms with van der Waals surface area (Å²) in [4.78, 5) is 34.0. The average molecular weight is 370 g/mol. The molecule has 0 amide bonds. The SMILES string of the molecule is COc1cccc(C(=O)C(O)c2ccccc2)c1OC.O=P(O)(O)O. The van der Waals surface area contributed by atoms with Gasteiger partial charge in [0, 0.05) is 0 Å². The summed E-state index contributed by atoms with van der Waals surface area (Å²) >= 11 is 0. The molecule has 2 rings (SSSR count). The highest BCUT2D eigenvalue weighted by Gasteiger charge is 2.24. The molecule has 0 spiro atoms. The second-order valence-electron chi connectivity index (χ2n) is 4.73. The number of carbonyl (C=O) groups excluding carboxylic acids is 1. The lowest BCUT2D eigenvalue weighted by molar-refractivity contribution is 0.0743. The molecule has 0 fully saturated rings. The molecule has 0 radical (unpaired) electrons. The van der Waals surface area contributed by atoms with E-state index in [1.165, 1.54) is 14.2 Å². The van der Waals surface area contributed by atoms with Crippen LogP contribution in [0.2, 0.25) is 0 Å². The molecule has 0 heterocycles. The maximum Gasteiger partial charge on any atom is 0.466 e. The van der Waals surface area contributed by atoms with E-state index in [1.807, 2.05) is 6.07 Å². The Morgan fingerprint density at radius 2 is 1.52 bits per heavy atom. The van der Waals surface area contributed by atoms with Crippen LogP contribution in [0.4, 0.5) is 0 Å². The van der Waals surface area contributed by atoms with Gasteiger partial charge in [-0.25, -0.2) is 4.57 Å². The summed E-state index contributed by atoms with van der Waals surface area (Å²) in [6.07, 6.45) is -1.22. The molecule has 136 valence electrons. The minimum Gasteiger partial charge on any atom is -0.493 e. The zero-order chi connectivity index (χ0) is 19.0. The number of ether oxygens (including phenoxy) is 2. The van der Waals surface area contributed by atoms with Gasteiger partial charge in [0.15, 0.2) is 17.3 Å². The lowest BCUT2D eigenvalue weighted by Gasteiger charge is -2.14. The summed E-state index contributed by atoms with van der Waals surface area (Å²) < 4.78 is 19.3. The van der Waals surface area contributed by atoms with E-state index in [0.717, 1.165) is 0 Å². The number of hydrogen-bond donors (Lipinski definition) is 4. The molecular formula is C16H19O8P. The summed E-state index contributed by atoms with van der Waals surface area (Å²) in [5, 5.41) is 10.2. The van der Waals surface area contributed by atoms with Crippen LogP contribution >= 0.6 is 7.82 Å². The third-order valence-electron chi connectivity index (χ3n) is 3.03. The quantitative estimate of drug-likeness (QED) is 0.462. The number of para-hydroxylation sites is 1. The number of benzene rings is 2. The Hall–Kier alpha value is -2.22. The molecule has 4 N–H and O–H groups in total. The minimum atomic E-state index is -4.64. The maximum atomic E-state index is 12.4. The molecule has 25 heavy (non-hydrogen) atoms. The number of aliphatic hydroxyl groups is 1. The Morgan fingerprint density at radius 3 is 2.00 bits per heavy atom. The highest BCUT2D eigenvalue weighted by atomic mass is 31.2. The van der Waals surface area contributed by atoms with Crippen molar-refractivity contribution in [2.45, 2.75) is 6.10 Å². The van der Waals surface area contributed by atoms with Gasteiger partial charge in [-0.1, -0.05) is 36.4 Å². The smallest absolute Gasteiger partial charge is 0.466 e. The first kappa shape index (κ1) is 20.8. The fraction of sp³-hybridized carbons (Fsp3) is 0.188. The first-order valence-electron chi connectivity index (χ1n) is 6.95. The highest BCUT2D eigenvalue weighted by molar-refractivity contribution is 7.45. The van der Waals surface area contributed by atoms with Crippen molar-refractivity contribution in [1.29, 1.82) is 0 Å². The molecule has 1 atom stereocenters. The van der Waals surface area contributed by atoms with Crippen LogP contribution in [0.25, 0.3) is 0 Å². The van der Waals surface area contributed by atoms with E-state index in [4.69, 9.17) is 28.7 Å². The molecule has 8 nitrogen and oxygen atoms in total. The number of ketones is 1. The van der Waals surface area contributed by atoms with Crippen molar-refractivity contribution in [3.8, 4) is 11.5 Å². The standard InChI is InChI=1S/C16H16O4.H3O4P/c1-19-13-10-6-9-12(16(13)20-2)15(18)14(17)11-7-4-3-5-8-11;1-5(2,3)4/h3-10,14,17H,1-2H3;(H3,1,2,3,4). The maximum absolute atomic E-state index is 12.4. The Morgan fingerprint density at radius 1 is 0.960 bits per heavy atom. The van der Waals surface area contributed by atoms with Crippen molar-refractivity contribution in [1.82, 2.24) is 0 Å². The molecule has 0 bridgehead atoms. The van der Waals surface area contributed by atoms with E-state index in [2.05, 4.69) is 0 Å². The van der Waals surface area contributed by atoms with Gasteiger partial charge >= 0.3 is 7.82 Å². The van der Waals surface area contributed by atoms with E-state index in [0.29, 0.717) is 22.6 Å². The molecule has 2 aromatic rings. The van der Waals surface area contributed by atoms with Crippen molar-refractivity contribution in [3.05, 3.63) is 59.7 Å². The van der Waals surface area contributed by atoms with Crippen molar-refractivity contribution in [2.24, 2.45) is 0 Å². The third-order valence-corrected chi connectivity index (χ3v) is 3.03. The van der Waals surface area contributed by atoms with E-state index in [-0.39, 0.29) is 0 Å². The summed E-state index contributed by atoms with van der Waals surface area (Å²) in [6.45, 7) is 0. The summed E-state index contributed by atoms with van der Waals surface area (Å²) in [6, 6.07) is 13.8. The third kappa shape index (κ3) is 6.66. The number of hydrogen-bond acceptors (Lipinski definition) is 5. The van der Waals surface area contributed by atoms with E-state index >= 15 is 0 Å². The molecule has 0 aliphatic carbocycles. The van der Waals surface area contributed by atoms with Crippen LogP contribution in [0.3, 0.4) is 0 Å². The van der Waals surface area contributed by atoms with E-state index < -0.39 is 19.7 Å². The zero-order valence-electron chi connectivity index (χ0n) is 13.6. The number of carbonyl (C=O) groups is 1. The Balaban J connectivity index is 0.000000550. The fourth-order valence-electron chi connectivity index (χ4n) is 2.02. The predicted molar refractivity (Wildman–Crippen MR) is 89.5 cm³/mol. The van der Waals surface area contributed by atoms with Crippen molar-refractivity contribution in [3.63, 3.8) is 0 Å². The number of methoxy groups -OCH3 is 2. The van der Waals surface area contributed by atoms with Gasteiger partial charge in [0.25, 0.3) is 0 Å². The van der Waals surface area contributed by atoms with Crippen LogP contribution < -0.4 is 9.47 Å². The minimum absolute atomic E-state index is 0.295. The van der Waals surface area contributed by atoms with Crippen LogP contribution in [-0.4, -0.2) is 39.8 Å². The summed E-state index contributed by atoms with van der Waals surface area (Å²) in [7, 11) is -1.68. The molecule has 0 saturated heterocycles. The lowest BCUT2D eigenvalue weighted by atomic mass is 9.99. The Kier molecular flexibility index (Phi) is 7.76. The van der Waals surface area contributed by atoms with Crippen molar-refractivity contribution in [2.75, 3.05) is 14.2 Å². The number of rotatable bonds is 5. The topological polar surface area (TPSA) is 134 Å². The van der Waals surface area contributed by atoms with Crippen LogP contribution in [0.5, 0.6) is 11.5 Å². The molecular weight excluding hydrogens is 351 g/mol. The summed E-state index contributed by atoms with van der Waals surface area (Å²) in [5.74, 6) is 0.362. The van der Waals surface area contributed by atoms with Gasteiger partial charge in [0.1, 0.15) is 6.10 Å². The second kappa shape index (κ2) is 9.31. The van der Waals surface area contributed by atoms with Crippen LogP contribution in [-0.2, 0) is 4.57 Å². The van der Waals surface area contributed by atoms with Gasteiger partial charge < -0.3 is 29.3 Å². The van der Waals surface area contributed by atoms with Gasteiger partial charge in [0.05, 0.1) is 19.8 Å². The molecule has 2 aromatic carbocycles. The molecule has 0 aliphatic rings. The van der Waals surface area contributed by atoms with Gasteiger partial charge in [-0.15, -0.1) is 0 Å².